The van der Waals surface area contributed by atoms with Crippen molar-refractivity contribution in [1.82, 2.24) is 9.38 Å². The Morgan fingerprint density at radius 1 is 1.28 bits per heavy atom. The number of nitrogens with two attached hydrogens (primary N) is 1. The van der Waals surface area contributed by atoms with Crippen LogP contribution < -0.4 is 10.6 Å². The number of piperidine rings is 1. The summed E-state index contributed by atoms with van der Waals surface area (Å²) in [4.78, 5) is 7.11. The van der Waals surface area contributed by atoms with Gasteiger partial charge in [-0.2, -0.15) is 0 Å². The van der Waals surface area contributed by atoms with E-state index in [0.29, 0.717) is 15.7 Å². The van der Waals surface area contributed by atoms with Gasteiger partial charge in [0.05, 0.1) is 35.1 Å². The number of aliphatic hydroxyl groups excluding tert-OH is 1. The lowest BCUT2D eigenvalue weighted by atomic mass is 9.73. The van der Waals surface area contributed by atoms with Gasteiger partial charge in [-0.25, -0.2) is 4.98 Å². The molecule has 5 rings (SSSR count). The molecule has 2 aliphatic heterocycles. The molecule has 3 aromatic rings. The Hall–Kier alpha value is -1.83. The number of nitrogens with zero attached hydrogens (tertiary/aromatic N) is 3. The predicted molar refractivity (Wildman–Crippen MR) is 129 cm³/mol. The second-order valence-corrected chi connectivity index (χ2v) is 9.92. The number of fused-ring (bicyclic) bond motifs is 1. The van der Waals surface area contributed by atoms with E-state index in [4.69, 9.17) is 38.7 Å². The maximum atomic E-state index is 9.80. The zero-order valence-corrected chi connectivity index (χ0v) is 19.8. The van der Waals surface area contributed by atoms with Gasteiger partial charge in [-0.1, -0.05) is 35.3 Å². The van der Waals surface area contributed by atoms with Crippen molar-refractivity contribution >= 4 is 34.7 Å². The molecule has 0 bridgehead atoms. The van der Waals surface area contributed by atoms with E-state index in [0.717, 1.165) is 60.7 Å². The third-order valence-corrected chi connectivity index (χ3v) is 8.10. The molecule has 6 nitrogen and oxygen atoms in total. The number of ether oxygens (including phenoxy) is 1. The minimum Gasteiger partial charge on any atom is -0.390 e. The highest BCUT2D eigenvalue weighted by Crippen LogP contribution is 2.43. The average molecular weight is 475 g/mol. The summed E-state index contributed by atoms with van der Waals surface area (Å²) in [5.41, 5.74) is 10.8. The van der Waals surface area contributed by atoms with Crippen LogP contribution in [0.3, 0.4) is 0 Å². The van der Waals surface area contributed by atoms with Gasteiger partial charge < -0.3 is 20.5 Å². The molecular formula is C24H28Cl2N4O2. The fourth-order valence-corrected chi connectivity index (χ4v) is 5.69. The van der Waals surface area contributed by atoms with Gasteiger partial charge in [0.2, 0.25) is 0 Å². The van der Waals surface area contributed by atoms with E-state index in [1.54, 1.807) is 6.07 Å². The number of anilines is 1. The maximum Gasteiger partial charge on any atom is 0.146 e. The number of rotatable bonds is 3. The van der Waals surface area contributed by atoms with E-state index >= 15 is 0 Å². The first-order valence-electron chi connectivity index (χ1n) is 11.0. The van der Waals surface area contributed by atoms with Crippen LogP contribution in [0.25, 0.3) is 16.8 Å². The molecule has 0 unspecified atom stereocenters. The molecule has 0 saturated carbocycles. The van der Waals surface area contributed by atoms with Crippen LogP contribution in [0.4, 0.5) is 5.82 Å². The number of aromatic nitrogens is 2. The first kappa shape index (κ1) is 22.0. The van der Waals surface area contributed by atoms with Gasteiger partial charge in [-0.3, -0.25) is 4.40 Å². The summed E-state index contributed by atoms with van der Waals surface area (Å²) in [5.74, 6) is 1.06. The molecule has 2 fully saturated rings. The Morgan fingerprint density at radius 3 is 2.69 bits per heavy atom. The van der Waals surface area contributed by atoms with Crippen LogP contribution in [0.1, 0.15) is 31.0 Å². The third-order valence-electron chi connectivity index (χ3n) is 7.28. The molecule has 2 saturated heterocycles. The second-order valence-electron chi connectivity index (χ2n) is 9.14. The molecule has 170 valence electrons. The van der Waals surface area contributed by atoms with E-state index < -0.39 is 0 Å². The Morgan fingerprint density at radius 2 is 2.03 bits per heavy atom. The largest absolute Gasteiger partial charge is 0.390 e. The van der Waals surface area contributed by atoms with E-state index in [9.17, 15) is 5.11 Å². The van der Waals surface area contributed by atoms with Crippen LogP contribution in [0.2, 0.25) is 10.0 Å². The SMILES string of the molecule is Cc1cc(N2CCC3(CC2)CO[C@@H](C)[C@H]3N)n2cc(CO)nc2c1-c1cccc(Cl)c1Cl. The zero-order chi connectivity index (χ0) is 22.6. The highest BCUT2D eigenvalue weighted by molar-refractivity contribution is 6.43. The summed E-state index contributed by atoms with van der Waals surface area (Å²) in [7, 11) is 0. The van der Waals surface area contributed by atoms with Crippen LogP contribution in [0.15, 0.2) is 30.5 Å². The number of halogens is 2. The average Bonchev–Trinajstić information content (AvgIpc) is 3.34. The normalized spacial score (nSPS) is 22.9. The van der Waals surface area contributed by atoms with Crippen LogP contribution in [-0.4, -0.2) is 46.3 Å². The molecule has 2 aliphatic rings. The molecule has 2 atom stereocenters. The summed E-state index contributed by atoms with van der Waals surface area (Å²) in [5, 5.41) is 10.8. The first-order chi connectivity index (χ1) is 15.3. The molecule has 4 heterocycles. The Balaban J connectivity index is 1.57. The highest BCUT2D eigenvalue weighted by Gasteiger charge is 2.47. The summed E-state index contributed by atoms with van der Waals surface area (Å²) in [6.45, 7) is 6.53. The number of aliphatic hydroxyl groups is 1. The molecule has 1 aromatic carbocycles. The number of hydrogen-bond donors (Lipinski definition) is 2. The van der Waals surface area contributed by atoms with E-state index in [1.165, 1.54) is 0 Å². The lowest BCUT2D eigenvalue weighted by Crippen LogP contribution is -2.50. The minimum absolute atomic E-state index is 0.0591. The first-order valence-corrected chi connectivity index (χ1v) is 11.8. The molecule has 8 heteroatoms. The summed E-state index contributed by atoms with van der Waals surface area (Å²) in [6.07, 6.45) is 3.99. The van der Waals surface area contributed by atoms with Crippen LogP contribution in [0.5, 0.6) is 0 Å². The standard InChI is InChI=1S/C24H28Cl2N4O2/c1-14-10-19(29-8-6-24(7-9-29)13-32-15(2)22(24)27)30-11-16(12-31)28-23(30)20(14)17-4-3-5-18(25)21(17)26/h3-5,10-11,15,22,31H,6-9,12-13,27H2,1-2H3/t15-,22+/m0/s1. The molecule has 3 N–H and O–H groups in total. The second kappa shape index (κ2) is 8.19. The monoisotopic (exact) mass is 474 g/mol. The van der Waals surface area contributed by atoms with E-state index in [2.05, 4.69) is 29.2 Å². The molecule has 32 heavy (non-hydrogen) atoms. The number of pyridine rings is 1. The molecular weight excluding hydrogens is 447 g/mol. The Labute approximate surface area is 197 Å². The van der Waals surface area contributed by atoms with Crippen molar-refractivity contribution in [2.24, 2.45) is 11.1 Å². The van der Waals surface area contributed by atoms with Gasteiger partial charge in [0, 0.05) is 41.9 Å². The van der Waals surface area contributed by atoms with Gasteiger partial charge in [0.25, 0.3) is 0 Å². The van der Waals surface area contributed by atoms with Crippen molar-refractivity contribution in [3.63, 3.8) is 0 Å². The van der Waals surface area contributed by atoms with Crippen molar-refractivity contribution in [2.75, 3.05) is 24.6 Å². The molecule has 2 aromatic heterocycles. The summed E-state index contributed by atoms with van der Waals surface area (Å²) in [6, 6.07) is 7.88. The van der Waals surface area contributed by atoms with Crippen LogP contribution in [-0.2, 0) is 11.3 Å². The lowest BCUT2D eigenvalue weighted by Gasteiger charge is -2.42. The summed E-state index contributed by atoms with van der Waals surface area (Å²) >= 11 is 12.9. The van der Waals surface area contributed by atoms with Crippen molar-refractivity contribution in [3.05, 3.63) is 51.8 Å². The topological polar surface area (TPSA) is 76.0 Å². The zero-order valence-electron chi connectivity index (χ0n) is 18.3. The molecule has 0 amide bonds. The van der Waals surface area contributed by atoms with Crippen molar-refractivity contribution < 1.29 is 9.84 Å². The smallest absolute Gasteiger partial charge is 0.146 e. The number of aryl methyl sites for hydroxylation is 1. The third kappa shape index (κ3) is 3.40. The van der Waals surface area contributed by atoms with Crippen molar-refractivity contribution in [3.8, 4) is 11.1 Å². The van der Waals surface area contributed by atoms with Gasteiger partial charge in [0.1, 0.15) is 11.5 Å². The fourth-order valence-electron chi connectivity index (χ4n) is 5.30. The maximum absolute atomic E-state index is 9.80. The Bertz CT molecular complexity index is 1170. The van der Waals surface area contributed by atoms with E-state index in [1.807, 2.05) is 18.3 Å². The number of imidazole rings is 1. The molecule has 0 radical (unpaired) electrons. The lowest BCUT2D eigenvalue weighted by molar-refractivity contribution is 0.0974. The Kier molecular flexibility index (Phi) is 5.63. The van der Waals surface area contributed by atoms with E-state index in [-0.39, 0.29) is 24.2 Å². The molecule has 0 aliphatic carbocycles. The van der Waals surface area contributed by atoms with Crippen LogP contribution >= 0.6 is 23.2 Å². The van der Waals surface area contributed by atoms with Crippen LogP contribution in [0, 0.1) is 12.3 Å². The minimum atomic E-state index is -0.129. The van der Waals surface area contributed by atoms with Gasteiger partial charge in [0.15, 0.2) is 0 Å². The van der Waals surface area contributed by atoms with Gasteiger partial charge in [-0.15, -0.1) is 0 Å². The number of hydrogen-bond acceptors (Lipinski definition) is 5. The van der Waals surface area contributed by atoms with Gasteiger partial charge >= 0.3 is 0 Å². The fraction of sp³-hybridized carbons (Fsp3) is 0.458. The predicted octanol–water partition coefficient (Wildman–Crippen LogP) is 4.44. The van der Waals surface area contributed by atoms with Crippen molar-refractivity contribution in [1.29, 1.82) is 0 Å². The van der Waals surface area contributed by atoms with Crippen molar-refractivity contribution in [2.45, 2.75) is 45.4 Å². The highest BCUT2D eigenvalue weighted by atomic mass is 35.5. The molecule has 1 spiro atoms. The van der Waals surface area contributed by atoms with Gasteiger partial charge in [-0.05, 0) is 44.4 Å². The number of benzene rings is 1. The quantitative estimate of drug-likeness (QED) is 0.586. The summed E-state index contributed by atoms with van der Waals surface area (Å²) < 4.78 is 7.95.